The fourth-order valence-electron chi connectivity index (χ4n) is 4.25. The van der Waals surface area contributed by atoms with E-state index in [1.165, 1.54) is 30.5 Å². The normalized spacial score (nSPS) is 15.6. The minimum atomic E-state index is -0.939. The number of methoxy groups -OCH3 is 2. The topological polar surface area (TPSA) is 93.1 Å². The zero-order chi connectivity index (χ0) is 25.3. The molecule has 8 heteroatoms. The Morgan fingerprint density at radius 2 is 1.83 bits per heavy atom. The van der Waals surface area contributed by atoms with E-state index in [9.17, 15) is 19.5 Å². The maximum atomic E-state index is 13.4. The number of rotatable bonds is 7. The minimum absolute atomic E-state index is 0.00368. The molecule has 0 saturated heterocycles. The lowest BCUT2D eigenvalue weighted by atomic mass is 9.90. The first-order valence-electron chi connectivity index (χ1n) is 11.0. The number of ether oxygens (including phenoxy) is 2. The Bertz CT molecular complexity index is 1330. The summed E-state index contributed by atoms with van der Waals surface area (Å²) in [5, 5.41) is 14.7. The zero-order valence-electron chi connectivity index (χ0n) is 19.8. The fourth-order valence-corrected chi connectivity index (χ4v) is 4.91. The SMILES string of the molecule is COC(=O)c1cc(N2C(=O)C(O)=C(C(=O)C(C)C)C2c2ccccc2OC)ccc1-c1ccsc1. The molecule has 180 valence electrons. The summed E-state index contributed by atoms with van der Waals surface area (Å²) in [4.78, 5) is 40.6. The van der Waals surface area contributed by atoms with Crippen LogP contribution in [-0.2, 0) is 14.3 Å². The van der Waals surface area contributed by atoms with E-state index in [4.69, 9.17) is 9.47 Å². The molecule has 1 aromatic heterocycles. The van der Waals surface area contributed by atoms with Crippen LogP contribution in [0.5, 0.6) is 5.75 Å². The third-order valence-corrected chi connectivity index (χ3v) is 6.63. The molecule has 0 saturated carbocycles. The maximum Gasteiger partial charge on any atom is 0.338 e. The number of carbonyl (C=O) groups is 3. The third kappa shape index (κ3) is 4.21. The molecule has 1 unspecified atom stereocenters. The molecule has 0 spiro atoms. The van der Waals surface area contributed by atoms with Crippen LogP contribution < -0.4 is 9.64 Å². The highest BCUT2D eigenvalue weighted by molar-refractivity contribution is 7.08. The Labute approximate surface area is 207 Å². The highest BCUT2D eigenvalue weighted by atomic mass is 32.1. The van der Waals surface area contributed by atoms with Crippen LogP contribution in [0, 0.1) is 5.92 Å². The second kappa shape index (κ2) is 9.76. The predicted molar refractivity (Wildman–Crippen MR) is 134 cm³/mol. The second-order valence-corrected chi connectivity index (χ2v) is 9.11. The predicted octanol–water partition coefficient (Wildman–Crippen LogP) is 5.34. The molecule has 0 aliphatic carbocycles. The molecule has 7 nitrogen and oxygen atoms in total. The lowest BCUT2D eigenvalue weighted by molar-refractivity contribution is -0.119. The molecule has 1 atom stereocenters. The van der Waals surface area contributed by atoms with Gasteiger partial charge in [-0.05, 0) is 46.2 Å². The van der Waals surface area contributed by atoms with E-state index < -0.39 is 29.6 Å². The summed E-state index contributed by atoms with van der Waals surface area (Å²) in [6.07, 6.45) is 0. The van der Waals surface area contributed by atoms with E-state index >= 15 is 0 Å². The highest BCUT2D eigenvalue weighted by Crippen LogP contribution is 2.45. The molecule has 3 aromatic rings. The van der Waals surface area contributed by atoms with Crippen LogP contribution in [0.25, 0.3) is 11.1 Å². The Hall–Kier alpha value is -3.91. The van der Waals surface area contributed by atoms with Gasteiger partial charge >= 0.3 is 5.97 Å². The van der Waals surface area contributed by atoms with Gasteiger partial charge in [-0.1, -0.05) is 38.1 Å². The van der Waals surface area contributed by atoms with Crippen molar-refractivity contribution in [1.29, 1.82) is 0 Å². The van der Waals surface area contributed by atoms with Gasteiger partial charge in [0.25, 0.3) is 5.91 Å². The van der Waals surface area contributed by atoms with Crippen molar-refractivity contribution in [2.45, 2.75) is 19.9 Å². The molecule has 0 bridgehead atoms. The molecule has 1 aliphatic rings. The van der Waals surface area contributed by atoms with Crippen LogP contribution in [0.2, 0.25) is 0 Å². The monoisotopic (exact) mass is 491 g/mol. The largest absolute Gasteiger partial charge is 0.503 e. The number of Topliss-reactive ketones (excluding diaryl/α,β-unsaturated/α-hetero) is 1. The van der Waals surface area contributed by atoms with Crippen molar-refractivity contribution in [2.75, 3.05) is 19.1 Å². The molecule has 0 fully saturated rings. The Kier molecular flexibility index (Phi) is 6.75. The van der Waals surface area contributed by atoms with Gasteiger partial charge in [-0.25, -0.2) is 4.79 Å². The fraction of sp³-hybridized carbons (Fsp3) is 0.222. The highest BCUT2D eigenvalue weighted by Gasteiger charge is 2.46. The van der Waals surface area contributed by atoms with Crippen molar-refractivity contribution in [3.05, 3.63) is 81.8 Å². The maximum absolute atomic E-state index is 13.4. The number of benzene rings is 2. The summed E-state index contributed by atoms with van der Waals surface area (Å²) in [6.45, 7) is 3.42. The molecule has 2 heterocycles. The van der Waals surface area contributed by atoms with Crippen molar-refractivity contribution in [2.24, 2.45) is 5.92 Å². The van der Waals surface area contributed by atoms with Crippen molar-refractivity contribution < 1.29 is 29.0 Å². The van der Waals surface area contributed by atoms with E-state index in [0.717, 1.165) is 5.56 Å². The second-order valence-electron chi connectivity index (χ2n) is 8.33. The van der Waals surface area contributed by atoms with Gasteiger partial charge in [0.05, 0.1) is 31.4 Å². The Morgan fingerprint density at radius 3 is 2.46 bits per heavy atom. The smallest absolute Gasteiger partial charge is 0.338 e. The molecule has 1 aliphatic heterocycles. The molecule has 0 radical (unpaired) electrons. The van der Waals surface area contributed by atoms with Gasteiger partial charge in [-0.3, -0.25) is 14.5 Å². The number of aliphatic hydroxyl groups excluding tert-OH is 1. The number of hydrogen-bond acceptors (Lipinski definition) is 7. The summed E-state index contributed by atoms with van der Waals surface area (Å²) < 4.78 is 10.5. The van der Waals surface area contributed by atoms with Crippen LogP contribution >= 0.6 is 11.3 Å². The number of esters is 1. The van der Waals surface area contributed by atoms with Gasteiger partial charge in [0.2, 0.25) is 0 Å². The average molecular weight is 492 g/mol. The summed E-state index contributed by atoms with van der Waals surface area (Å²) in [5.74, 6) is -2.25. The number of hydrogen-bond donors (Lipinski definition) is 1. The molecular weight excluding hydrogens is 466 g/mol. The average Bonchev–Trinajstić information content (AvgIpc) is 3.49. The quantitative estimate of drug-likeness (QED) is 0.449. The van der Waals surface area contributed by atoms with Crippen molar-refractivity contribution in [3.8, 4) is 16.9 Å². The number of aliphatic hydroxyl groups is 1. The van der Waals surface area contributed by atoms with Crippen LogP contribution in [0.4, 0.5) is 5.69 Å². The molecule has 35 heavy (non-hydrogen) atoms. The van der Waals surface area contributed by atoms with Crippen LogP contribution in [0.15, 0.2) is 70.6 Å². The standard InChI is InChI=1S/C27H25NO6S/c1-15(2)24(29)22-23(19-7-5-6-8-21(19)33-3)28(26(31)25(22)30)17-9-10-18(16-11-12-35-14-16)20(13-17)27(32)34-4/h5-15,23,30H,1-4H3. The van der Waals surface area contributed by atoms with Crippen LogP contribution in [0.3, 0.4) is 0 Å². The van der Waals surface area contributed by atoms with Crippen molar-refractivity contribution >= 4 is 34.7 Å². The number of carbonyl (C=O) groups excluding carboxylic acids is 3. The number of ketones is 1. The van der Waals surface area contributed by atoms with E-state index in [1.807, 2.05) is 16.8 Å². The first kappa shape index (κ1) is 24.2. The number of anilines is 1. The molecule has 1 amide bonds. The number of para-hydroxylation sites is 1. The van der Waals surface area contributed by atoms with E-state index in [0.29, 0.717) is 22.6 Å². The number of nitrogens with zero attached hydrogens (tertiary/aromatic N) is 1. The first-order chi connectivity index (χ1) is 16.8. The van der Waals surface area contributed by atoms with Gasteiger partial charge in [0.15, 0.2) is 11.5 Å². The van der Waals surface area contributed by atoms with Gasteiger partial charge in [0, 0.05) is 17.2 Å². The van der Waals surface area contributed by atoms with Crippen LogP contribution in [-0.4, -0.2) is 37.0 Å². The molecule has 4 rings (SSSR count). The van der Waals surface area contributed by atoms with E-state index in [-0.39, 0.29) is 16.9 Å². The zero-order valence-corrected chi connectivity index (χ0v) is 20.6. The lowest BCUT2D eigenvalue weighted by Gasteiger charge is -2.29. The summed E-state index contributed by atoms with van der Waals surface area (Å²) in [6, 6.07) is 12.9. The minimum Gasteiger partial charge on any atom is -0.503 e. The van der Waals surface area contributed by atoms with Crippen molar-refractivity contribution in [1.82, 2.24) is 0 Å². The molecule has 1 N–H and O–H groups in total. The van der Waals surface area contributed by atoms with Crippen molar-refractivity contribution in [3.63, 3.8) is 0 Å². The molecule has 2 aromatic carbocycles. The number of amides is 1. The first-order valence-corrected chi connectivity index (χ1v) is 11.9. The van der Waals surface area contributed by atoms with E-state index in [1.54, 1.807) is 56.3 Å². The van der Waals surface area contributed by atoms with Gasteiger partial charge in [-0.2, -0.15) is 11.3 Å². The molecular formula is C27H25NO6S. The van der Waals surface area contributed by atoms with Gasteiger partial charge in [0.1, 0.15) is 5.75 Å². The Balaban J connectivity index is 1.93. The van der Waals surface area contributed by atoms with E-state index in [2.05, 4.69) is 0 Å². The van der Waals surface area contributed by atoms with Crippen LogP contribution in [0.1, 0.15) is 35.8 Å². The Morgan fingerprint density at radius 1 is 1.09 bits per heavy atom. The third-order valence-electron chi connectivity index (χ3n) is 5.95. The van der Waals surface area contributed by atoms with Gasteiger partial charge in [-0.15, -0.1) is 0 Å². The number of thiophene rings is 1. The summed E-state index contributed by atoms with van der Waals surface area (Å²) >= 11 is 1.49. The lowest BCUT2D eigenvalue weighted by Crippen LogP contribution is -2.32. The van der Waals surface area contributed by atoms with Gasteiger partial charge < -0.3 is 14.6 Å². The summed E-state index contributed by atoms with van der Waals surface area (Å²) in [7, 11) is 2.79. The summed E-state index contributed by atoms with van der Waals surface area (Å²) in [5.41, 5.74) is 2.63.